The zero-order valence-corrected chi connectivity index (χ0v) is 11.6. The van der Waals surface area contributed by atoms with E-state index in [1.54, 1.807) is 24.6 Å². The highest BCUT2D eigenvalue weighted by molar-refractivity contribution is 5.92. The monoisotopic (exact) mass is 290 g/mol. The van der Waals surface area contributed by atoms with E-state index in [2.05, 4.69) is 26.1 Å². The fraction of sp³-hybridized carbons (Fsp3) is 0.417. The summed E-state index contributed by atoms with van der Waals surface area (Å²) in [5.74, 6) is 0.125. The van der Waals surface area contributed by atoms with Gasteiger partial charge < -0.3 is 15.2 Å². The Balaban J connectivity index is 1.71. The van der Waals surface area contributed by atoms with Crippen LogP contribution >= 0.6 is 0 Å². The Bertz CT molecular complexity index is 704. The molecule has 0 aliphatic carbocycles. The number of aromatic nitrogens is 4. The van der Waals surface area contributed by atoms with Gasteiger partial charge in [-0.2, -0.15) is 0 Å². The number of fused-ring (bicyclic) bond motifs is 1. The number of hydrogen-bond acceptors (Lipinski definition) is 6. The second kappa shape index (κ2) is 5.00. The van der Waals surface area contributed by atoms with Gasteiger partial charge in [-0.1, -0.05) is 10.4 Å². The van der Waals surface area contributed by atoms with Crippen molar-refractivity contribution in [2.75, 3.05) is 0 Å². The summed E-state index contributed by atoms with van der Waals surface area (Å²) in [7, 11) is 0. The normalized spacial score (nSPS) is 17.2. The molecule has 21 heavy (non-hydrogen) atoms. The average Bonchev–Trinajstić information content (AvgIpc) is 3.07. The number of carbonyl (C=O) groups is 2. The summed E-state index contributed by atoms with van der Waals surface area (Å²) >= 11 is 0. The summed E-state index contributed by atoms with van der Waals surface area (Å²) in [5, 5.41) is 17.1. The molecule has 0 fully saturated rings. The van der Waals surface area contributed by atoms with Gasteiger partial charge in [-0.25, -0.2) is 4.68 Å². The summed E-state index contributed by atoms with van der Waals surface area (Å²) in [6.07, 6.45) is 0. The molecular weight excluding hydrogens is 276 g/mol. The molecule has 1 aliphatic heterocycles. The highest BCUT2D eigenvalue weighted by Crippen LogP contribution is 2.16. The lowest BCUT2D eigenvalue weighted by Crippen LogP contribution is -2.38. The molecule has 2 aromatic heterocycles. The predicted molar refractivity (Wildman–Crippen MR) is 69.0 cm³/mol. The van der Waals surface area contributed by atoms with Crippen molar-refractivity contribution < 1.29 is 14.1 Å². The maximum absolute atomic E-state index is 11.9. The predicted octanol–water partition coefficient (Wildman–Crippen LogP) is -0.305. The van der Waals surface area contributed by atoms with Crippen LogP contribution in [0.4, 0.5) is 0 Å². The number of rotatable bonds is 3. The third-order valence-corrected chi connectivity index (χ3v) is 3.32. The van der Waals surface area contributed by atoms with E-state index in [0.29, 0.717) is 18.0 Å². The van der Waals surface area contributed by atoms with E-state index in [-0.39, 0.29) is 24.1 Å². The van der Waals surface area contributed by atoms with Crippen LogP contribution in [0.2, 0.25) is 0 Å². The lowest BCUT2D eigenvalue weighted by atomic mass is 10.2. The number of hydrogen-bond donors (Lipinski definition) is 2. The maximum atomic E-state index is 11.9. The topological polar surface area (TPSA) is 115 Å². The van der Waals surface area contributed by atoms with Crippen LogP contribution in [0.15, 0.2) is 10.6 Å². The lowest BCUT2D eigenvalue weighted by Gasteiger charge is -2.20. The molecule has 0 saturated carbocycles. The zero-order valence-electron chi connectivity index (χ0n) is 11.6. The second-order valence-corrected chi connectivity index (χ2v) is 4.83. The summed E-state index contributed by atoms with van der Waals surface area (Å²) in [6.45, 7) is 4.02. The Morgan fingerprint density at radius 2 is 2.43 bits per heavy atom. The highest BCUT2D eigenvalue weighted by Gasteiger charge is 2.27. The molecule has 1 unspecified atom stereocenters. The van der Waals surface area contributed by atoms with Crippen LogP contribution in [0.5, 0.6) is 0 Å². The molecule has 0 bridgehead atoms. The largest absolute Gasteiger partial charge is 0.361 e. The van der Waals surface area contributed by atoms with E-state index in [9.17, 15) is 9.59 Å². The quantitative estimate of drug-likeness (QED) is 0.801. The molecule has 2 aromatic rings. The van der Waals surface area contributed by atoms with Gasteiger partial charge in [0.05, 0.1) is 18.8 Å². The van der Waals surface area contributed by atoms with E-state index < -0.39 is 6.04 Å². The van der Waals surface area contributed by atoms with Crippen molar-refractivity contribution >= 4 is 11.8 Å². The van der Waals surface area contributed by atoms with E-state index in [1.165, 1.54) is 0 Å². The molecule has 0 radical (unpaired) electrons. The first kappa shape index (κ1) is 13.3. The van der Waals surface area contributed by atoms with E-state index in [0.717, 1.165) is 5.69 Å². The van der Waals surface area contributed by atoms with Gasteiger partial charge in [-0.05, 0) is 13.8 Å². The molecule has 2 N–H and O–H groups in total. The summed E-state index contributed by atoms with van der Waals surface area (Å²) in [4.78, 5) is 23.4. The summed E-state index contributed by atoms with van der Waals surface area (Å²) in [5.41, 5.74) is 1.63. The minimum Gasteiger partial charge on any atom is -0.361 e. The van der Waals surface area contributed by atoms with E-state index >= 15 is 0 Å². The summed E-state index contributed by atoms with van der Waals surface area (Å²) < 4.78 is 6.42. The van der Waals surface area contributed by atoms with E-state index in [4.69, 9.17) is 4.52 Å². The van der Waals surface area contributed by atoms with Gasteiger partial charge in [0, 0.05) is 6.07 Å². The molecule has 3 rings (SSSR count). The molecule has 2 amide bonds. The number of nitrogens with zero attached hydrogens (tertiary/aromatic N) is 4. The average molecular weight is 290 g/mol. The van der Waals surface area contributed by atoms with Crippen LogP contribution in [0.25, 0.3) is 0 Å². The fourth-order valence-electron chi connectivity index (χ4n) is 2.14. The molecular formula is C12H14N6O3. The molecule has 110 valence electrons. The van der Waals surface area contributed by atoms with Crippen LogP contribution in [-0.2, 0) is 17.9 Å². The van der Waals surface area contributed by atoms with Crippen LogP contribution in [0.3, 0.4) is 0 Å². The van der Waals surface area contributed by atoms with Crippen molar-refractivity contribution in [1.29, 1.82) is 0 Å². The van der Waals surface area contributed by atoms with Gasteiger partial charge in [0.2, 0.25) is 5.91 Å². The number of aryl methyl sites for hydroxylation is 1. The first-order valence-corrected chi connectivity index (χ1v) is 6.48. The molecule has 3 heterocycles. The highest BCUT2D eigenvalue weighted by atomic mass is 16.5. The number of carbonyl (C=O) groups excluding carboxylic acids is 2. The van der Waals surface area contributed by atoms with Crippen LogP contribution in [0.1, 0.15) is 40.6 Å². The van der Waals surface area contributed by atoms with Crippen LogP contribution in [-0.4, -0.2) is 32.0 Å². The molecule has 1 aliphatic rings. The molecule has 0 saturated heterocycles. The second-order valence-electron chi connectivity index (χ2n) is 4.83. The minimum atomic E-state index is -0.399. The third kappa shape index (κ3) is 2.37. The van der Waals surface area contributed by atoms with Crippen LogP contribution < -0.4 is 10.6 Å². The van der Waals surface area contributed by atoms with Crippen LogP contribution in [0, 0.1) is 6.92 Å². The van der Waals surface area contributed by atoms with Gasteiger partial charge in [-0.15, -0.1) is 5.10 Å². The molecule has 0 spiro atoms. The van der Waals surface area contributed by atoms with Crippen molar-refractivity contribution in [3.63, 3.8) is 0 Å². The zero-order chi connectivity index (χ0) is 15.0. The van der Waals surface area contributed by atoms with Crippen molar-refractivity contribution in [1.82, 2.24) is 30.8 Å². The summed E-state index contributed by atoms with van der Waals surface area (Å²) in [6, 6.07) is 1.15. The maximum Gasteiger partial charge on any atom is 0.273 e. The molecule has 0 aromatic carbocycles. The molecule has 1 atom stereocenters. The van der Waals surface area contributed by atoms with Crippen molar-refractivity contribution in [3.8, 4) is 0 Å². The Morgan fingerprint density at radius 3 is 3.14 bits per heavy atom. The van der Waals surface area contributed by atoms with Gasteiger partial charge in [0.25, 0.3) is 5.91 Å². The van der Waals surface area contributed by atoms with Crippen molar-refractivity contribution in [2.24, 2.45) is 0 Å². The number of nitrogens with one attached hydrogen (secondary N) is 2. The molecule has 9 heteroatoms. The first-order chi connectivity index (χ1) is 10.1. The SMILES string of the molecule is Cc1cc(C(=O)NCc2nnn3c2CNC(=O)C3C)no1. The van der Waals surface area contributed by atoms with E-state index in [1.807, 2.05) is 0 Å². The van der Waals surface area contributed by atoms with Crippen molar-refractivity contribution in [2.45, 2.75) is 33.0 Å². The lowest BCUT2D eigenvalue weighted by molar-refractivity contribution is -0.125. The van der Waals surface area contributed by atoms with Gasteiger partial charge in [-0.3, -0.25) is 9.59 Å². The smallest absolute Gasteiger partial charge is 0.273 e. The van der Waals surface area contributed by atoms with Gasteiger partial charge >= 0.3 is 0 Å². The Hall–Kier alpha value is -2.71. The van der Waals surface area contributed by atoms with Crippen molar-refractivity contribution in [3.05, 3.63) is 28.9 Å². The van der Waals surface area contributed by atoms with Gasteiger partial charge in [0.1, 0.15) is 17.5 Å². The Kier molecular flexibility index (Phi) is 3.16. The Morgan fingerprint density at radius 1 is 1.62 bits per heavy atom. The standard InChI is InChI=1S/C12H14N6O3/c1-6-3-8(16-21-6)12(20)13-4-9-10-5-14-11(19)7(2)18(10)17-15-9/h3,7H,4-5H2,1-2H3,(H,13,20)(H,14,19). The molecule has 9 nitrogen and oxygen atoms in total. The van der Waals surface area contributed by atoms with Gasteiger partial charge in [0.15, 0.2) is 5.69 Å². The fourth-order valence-corrected chi connectivity index (χ4v) is 2.14. The minimum absolute atomic E-state index is 0.0962. The third-order valence-electron chi connectivity index (χ3n) is 3.32. The Labute approximate surface area is 119 Å². The number of amides is 2. The first-order valence-electron chi connectivity index (χ1n) is 6.48.